The predicted octanol–water partition coefficient (Wildman–Crippen LogP) is 13.7. The molecule has 0 saturated heterocycles. The lowest BCUT2D eigenvalue weighted by atomic mass is 9.94. The molecule has 0 atom stereocenters. The van der Waals surface area contributed by atoms with Crippen LogP contribution in [0.4, 0.5) is 0 Å². The summed E-state index contributed by atoms with van der Waals surface area (Å²) in [7, 11) is 0. The van der Waals surface area contributed by atoms with Gasteiger partial charge in [0.1, 0.15) is 0 Å². The molecule has 9 aromatic carbocycles. The molecule has 0 amide bonds. The van der Waals surface area contributed by atoms with Crippen molar-refractivity contribution in [3.63, 3.8) is 0 Å². The van der Waals surface area contributed by atoms with Crippen LogP contribution in [0.15, 0.2) is 218 Å². The van der Waals surface area contributed by atoms with Crippen molar-refractivity contribution in [3.8, 4) is 90.6 Å². The minimum atomic E-state index is 0.631. The monoisotopic (exact) mass is 792 g/mol. The lowest BCUT2D eigenvalue weighted by Crippen LogP contribution is -2.00. The topological polar surface area (TPSA) is 77.3 Å². The summed E-state index contributed by atoms with van der Waals surface area (Å²) in [5.41, 5.74) is 10.2. The molecule has 0 bridgehead atoms. The highest BCUT2D eigenvalue weighted by atomic mass is 15.0. The predicted molar refractivity (Wildman–Crippen MR) is 252 cm³/mol. The second-order valence-electron chi connectivity index (χ2n) is 15.2. The quantitative estimate of drug-likeness (QED) is 0.152. The summed E-state index contributed by atoms with van der Waals surface area (Å²) in [6, 6.07) is 75.1. The Bertz CT molecular complexity index is 3310. The summed E-state index contributed by atoms with van der Waals surface area (Å²) in [6.07, 6.45) is 0. The summed E-state index contributed by atoms with van der Waals surface area (Å²) in [5, 5.41) is 4.66. The molecule has 62 heavy (non-hydrogen) atoms. The van der Waals surface area contributed by atoms with E-state index in [4.69, 9.17) is 29.9 Å². The number of aromatic nitrogens is 6. The maximum absolute atomic E-state index is 5.01. The van der Waals surface area contributed by atoms with Gasteiger partial charge in [-0.1, -0.05) is 206 Å². The molecule has 0 spiro atoms. The molecule has 11 rings (SSSR count). The van der Waals surface area contributed by atoms with Crippen molar-refractivity contribution in [1.82, 2.24) is 29.9 Å². The van der Waals surface area contributed by atoms with E-state index < -0.39 is 0 Å². The van der Waals surface area contributed by atoms with Gasteiger partial charge in [0.05, 0.1) is 0 Å². The Balaban J connectivity index is 0.894. The normalized spacial score (nSPS) is 11.2. The SMILES string of the molecule is c1ccc(-c2nc(-c3ccccc3)nc(-c3ccc(-c4cccc5cc(-c6ccc(-c7nc(-c8ccccc8)nc(-c8ccc9ccccc9c8)n7)cc6)ccc45)cc3)n2)cc1. The highest BCUT2D eigenvalue weighted by Gasteiger charge is 2.15. The van der Waals surface area contributed by atoms with Crippen molar-refractivity contribution in [2.75, 3.05) is 0 Å². The molecule has 0 aliphatic heterocycles. The van der Waals surface area contributed by atoms with Crippen molar-refractivity contribution in [1.29, 1.82) is 0 Å². The van der Waals surface area contributed by atoms with Gasteiger partial charge in [-0.15, -0.1) is 0 Å². The summed E-state index contributed by atoms with van der Waals surface area (Å²) in [5.74, 6) is 3.84. The van der Waals surface area contributed by atoms with E-state index in [1.54, 1.807) is 0 Å². The molecule has 0 saturated carbocycles. The fourth-order valence-corrected chi connectivity index (χ4v) is 7.94. The molecule has 11 aromatic rings. The lowest BCUT2D eigenvalue weighted by molar-refractivity contribution is 1.07. The van der Waals surface area contributed by atoms with Crippen LogP contribution in [0.2, 0.25) is 0 Å². The molecule has 0 N–H and O–H groups in total. The number of hydrogen-bond donors (Lipinski definition) is 0. The zero-order valence-electron chi connectivity index (χ0n) is 33.5. The second-order valence-corrected chi connectivity index (χ2v) is 15.2. The van der Waals surface area contributed by atoms with Crippen LogP contribution in [0.3, 0.4) is 0 Å². The highest BCUT2D eigenvalue weighted by molar-refractivity contribution is 5.99. The number of rotatable bonds is 8. The first-order valence-corrected chi connectivity index (χ1v) is 20.6. The molecular formula is C56H36N6. The van der Waals surface area contributed by atoms with Gasteiger partial charge in [-0.05, 0) is 55.9 Å². The molecule has 0 fully saturated rings. The Morgan fingerprint density at radius 2 is 0.548 bits per heavy atom. The van der Waals surface area contributed by atoms with Gasteiger partial charge in [0, 0.05) is 33.4 Å². The van der Waals surface area contributed by atoms with E-state index in [9.17, 15) is 0 Å². The fourth-order valence-electron chi connectivity index (χ4n) is 7.94. The van der Waals surface area contributed by atoms with Crippen molar-refractivity contribution < 1.29 is 0 Å². The molecule has 0 aliphatic rings. The summed E-state index contributed by atoms with van der Waals surface area (Å²) < 4.78 is 0. The van der Waals surface area contributed by atoms with E-state index in [1.807, 2.05) is 91.0 Å². The lowest BCUT2D eigenvalue weighted by Gasteiger charge is -2.12. The van der Waals surface area contributed by atoms with Gasteiger partial charge in [0.2, 0.25) is 0 Å². The number of nitrogens with zero attached hydrogens (tertiary/aromatic N) is 6. The Morgan fingerprint density at radius 1 is 0.194 bits per heavy atom. The summed E-state index contributed by atoms with van der Waals surface area (Å²) in [4.78, 5) is 29.6. The first kappa shape index (κ1) is 36.6. The standard InChI is InChI=1S/C56H36N6/c1-4-14-40(15-5-1)51-57-52(41-16-6-2-7-17-41)59-54(58-51)44-30-26-39(27-31-44)49-22-12-21-47-35-46(33-34-50(47)49)38-23-28-43(29-24-38)55-60-53(42-18-8-3-9-19-42)61-56(62-55)48-32-25-37-13-10-11-20-45(37)36-48/h1-36H. The maximum atomic E-state index is 5.01. The Morgan fingerprint density at radius 3 is 1.06 bits per heavy atom. The fraction of sp³-hybridized carbons (Fsp3) is 0. The van der Waals surface area contributed by atoms with Crippen LogP contribution in [0, 0.1) is 0 Å². The zero-order chi connectivity index (χ0) is 41.2. The van der Waals surface area contributed by atoms with Crippen LogP contribution in [0.1, 0.15) is 0 Å². The average Bonchev–Trinajstić information content (AvgIpc) is 3.36. The molecule has 0 unspecified atom stereocenters. The molecule has 6 heteroatoms. The van der Waals surface area contributed by atoms with Gasteiger partial charge in [-0.2, -0.15) is 0 Å². The summed E-state index contributed by atoms with van der Waals surface area (Å²) in [6.45, 7) is 0. The minimum absolute atomic E-state index is 0.631. The third-order valence-electron chi connectivity index (χ3n) is 11.2. The Hall–Kier alpha value is -8.48. The molecule has 0 aliphatic carbocycles. The van der Waals surface area contributed by atoms with Crippen LogP contribution in [-0.2, 0) is 0 Å². The first-order valence-electron chi connectivity index (χ1n) is 20.6. The van der Waals surface area contributed by atoms with E-state index >= 15 is 0 Å². The van der Waals surface area contributed by atoms with Gasteiger partial charge in [-0.3, -0.25) is 0 Å². The highest BCUT2D eigenvalue weighted by Crippen LogP contribution is 2.35. The van der Waals surface area contributed by atoms with Crippen LogP contribution in [0.5, 0.6) is 0 Å². The first-order chi connectivity index (χ1) is 30.7. The van der Waals surface area contributed by atoms with Crippen LogP contribution in [-0.4, -0.2) is 29.9 Å². The van der Waals surface area contributed by atoms with Crippen molar-refractivity contribution >= 4 is 21.5 Å². The van der Waals surface area contributed by atoms with Crippen LogP contribution >= 0.6 is 0 Å². The minimum Gasteiger partial charge on any atom is -0.208 e. The van der Waals surface area contributed by atoms with Crippen LogP contribution < -0.4 is 0 Å². The number of fused-ring (bicyclic) bond motifs is 2. The number of hydrogen-bond acceptors (Lipinski definition) is 6. The third-order valence-corrected chi connectivity index (χ3v) is 11.2. The van der Waals surface area contributed by atoms with Gasteiger partial charge >= 0.3 is 0 Å². The third kappa shape index (κ3) is 7.27. The second kappa shape index (κ2) is 15.9. The van der Waals surface area contributed by atoms with E-state index in [0.717, 1.165) is 66.4 Å². The molecule has 0 radical (unpaired) electrons. The Labute approximate surface area is 359 Å². The number of benzene rings is 9. The molecular weight excluding hydrogens is 757 g/mol. The van der Waals surface area contributed by atoms with Gasteiger partial charge in [-0.25, -0.2) is 29.9 Å². The van der Waals surface area contributed by atoms with Crippen molar-refractivity contribution in [3.05, 3.63) is 218 Å². The molecule has 2 heterocycles. The van der Waals surface area contributed by atoms with Gasteiger partial charge < -0.3 is 0 Å². The molecule has 290 valence electrons. The zero-order valence-corrected chi connectivity index (χ0v) is 33.5. The molecule has 6 nitrogen and oxygen atoms in total. The van der Waals surface area contributed by atoms with Crippen LogP contribution in [0.25, 0.3) is 112 Å². The van der Waals surface area contributed by atoms with Gasteiger partial charge in [0.25, 0.3) is 0 Å². The summed E-state index contributed by atoms with van der Waals surface area (Å²) >= 11 is 0. The maximum Gasteiger partial charge on any atom is 0.164 e. The van der Waals surface area contributed by atoms with Gasteiger partial charge in [0.15, 0.2) is 34.9 Å². The average molecular weight is 793 g/mol. The van der Waals surface area contributed by atoms with E-state index in [1.165, 1.54) is 10.8 Å². The molecule has 2 aromatic heterocycles. The van der Waals surface area contributed by atoms with E-state index in [0.29, 0.717) is 34.9 Å². The largest absolute Gasteiger partial charge is 0.208 e. The smallest absolute Gasteiger partial charge is 0.164 e. The Kier molecular flexibility index (Phi) is 9.41. The van der Waals surface area contributed by atoms with Crippen molar-refractivity contribution in [2.45, 2.75) is 0 Å². The van der Waals surface area contributed by atoms with E-state index in [2.05, 4.69) is 127 Å². The van der Waals surface area contributed by atoms with Crippen molar-refractivity contribution in [2.24, 2.45) is 0 Å². The van der Waals surface area contributed by atoms with E-state index in [-0.39, 0.29) is 0 Å².